The molecule has 3 nitrogen and oxygen atoms in total. The summed E-state index contributed by atoms with van der Waals surface area (Å²) in [5, 5.41) is 3.67. The maximum atomic E-state index is 5.94. The second-order valence-electron chi connectivity index (χ2n) is 4.72. The Morgan fingerprint density at radius 1 is 1.33 bits per heavy atom. The maximum absolute atomic E-state index is 5.94. The smallest absolute Gasteiger partial charge is 0.0981 e. The van der Waals surface area contributed by atoms with E-state index in [0.29, 0.717) is 5.54 Å². The van der Waals surface area contributed by atoms with E-state index in [2.05, 4.69) is 5.32 Å². The largest absolute Gasteiger partial charge is 0.472 e. The van der Waals surface area contributed by atoms with Crippen LogP contribution in [0, 0.1) is 0 Å². The number of ether oxygens (including phenoxy) is 1. The molecule has 1 saturated carbocycles. The third-order valence-corrected chi connectivity index (χ3v) is 3.70. The van der Waals surface area contributed by atoms with Gasteiger partial charge in [0.25, 0.3) is 0 Å². The zero-order valence-corrected chi connectivity index (χ0v) is 8.87. The summed E-state index contributed by atoms with van der Waals surface area (Å²) in [5.74, 6) is 0. The molecule has 1 aromatic heterocycles. The summed E-state index contributed by atoms with van der Waals surface area (Å²) in [5.41, 5.74) is 1.44. The van der Waals surface area contributed by atoms with Gasteiger partial charge in [0.2, 0.25) is 0 Å². The van der Waals surface area contributed by atoms with Crippen LogP contribution in [0.5, 0.6) is 0 Å². The SMILES string of the molecule is c1cc(C2CNC3(CCCC3)CO2)co1. The summed E-state index contributed by atoms with van der Waals surface area (Å²) in [6.07, 6.45) is 8.88. The first-order valence-electron chi connectivity index (χ1n) is 5.77. The van der Waals surface area contributed by atoms with Crippen LogP contribution in [0.1, 0.15) is 37.4 Å². The predicted molar refractivity (Wildman–Crippen MR) is 56.6 cm³/mol. The fourth-order valence-electron chi connectivity index (χ4n) is 2.72. The van der Waals surface area contributed by atoms with Crippen LogP contribution in [0.3, 0.4) is 0 Å². The van der Waals surface area contributed by atoms with Gasteiger partial charge in [-0.2, -0.15) is 0 Å². The molecule has 1 aliphatic carbocycles. The lowest BCUT2D eigenvalue weighted by molar-refractivity contribution is -0.0328. The number of hydrogen-bond donors (Lipinski definition) is 1. The van der Waals surface area contributed by atoms with E-state index in [1.54, 1.807) is 12.5 Å². The number of rotatable bonds is 1. The van der Waals surface area contributed by atoms with Crippen molar-refractivity contribution in [2.24, 2.45) is 0 Å². The van der Waals surface area contributed by atoms with Crippen molar-refractivity contribution in [3.8, 4) is 0 Å². The highest BCUT2D eigenvalue weighted by molar-refractivity contribution is 5.12. The average molecular weight is 207 g/mol. The van der Waals surface area contributed by atoms with Gasteiger partial charge in [-0.15, -0.1) is 0 Å². The fourth-order valence-corrected chi connectivity index (χ4v) is 2.72. The van der Waals surface area contributed by atoms with Gasteiger partial charge in [-0.1, -0.05) is 12.8 Å². The van der Waals surface area contributed by atoms with Gasteiger partial charge in [-0.05, 0) is 18.9 Å². The molecule has 1 unspecified atom stereocenters. The Hall–Kier alpha value is -0.800. The van der Waals surface area contributed by atoms with Crippen LogP contribution in [-0.4, -0.2) is 18.7 Å². The third-order valence-electron chi connectivity index (χ3n) is 3.70. The summed E-state index contributed by atoms with van der Waals surface area (Å²) < 4.78 is 11.0. The van der Waals surface area contributed by atoms with Gasteiger partial charge in [-0.3, -0.25) is 0 Å². The maximum Gasteiger partial charge on any atom is 0.0981 e. The molecule has 2 heterocycles. The van der Waals surface area contributed by atoms with E-state index >= 15 is 0 Å². The van der Waals surface area contributed by atoms with Crippen molar-refractivity contribution < 1.29 is 9.15 Å². The Morgan fingerprint density at radius 3 is 2.80 bits per heavy atom. The van der Waals surface area contributed by atoms with Crippen LogP contribution in [0.25, 0.3) is 0 Å². The Bertz CT molecular complexity index is 304. The highest BCUT2D eigenvalue weighted by Gasteiger charge is 2.38. The minimum atomic E-state index is 0.176. The summed E-state index contributed by atoms with van der Waals surface area (Å²) in [7, 11) is 0. The molecule has 3 rings (SSSR count). The van der Waals surface area contributed by atoms with Gasteiger partial charge in [0.05, 0.1) is 25.2 Å². The van der Waals surface area contributed by atoms with Crippen LogP contribution in [-0.2, 0) is 4.74 Å². The molecule has 1 aromatic rings. The third kappa shape index (κ3) is 1.70. The van der Waals surface area contributed by atoms with Gasteiger partial charge in [0.15, 0.2) is 0 Å². The van der Waals surface area contributed by atoms with E-state index in [4.69, 9.17) is 9.15 Å². The Morgan fingerprint density at radius 2 is 2.20 bits per heavy atom. The highest BCUT2D eigenvalue weighted by atomic mass is 16.5. The molecule has 0 radical (unpaired) electrons. The van der Waals surface area contributed by atoms with Gasteiger partial charge in [-0.25, -0.2) is 0 Å². The van der Waals surface area contributed by atoms with E-state index in [1.165, 1.54) is 25.7 Å². The molecule has 1 N–H and O–H groups in total. The van der Waals surface area contributed by atoms with Crippen molar-refractivity contribution in [3.63, 3.8) is 0 Å². The van der Waals surface area contributed by atoms with Gasteiger partial charge >= 0.3 is 0 Å². The van der Waals surface area contributed by atoms with Crippen molar-refractivity contribution in [2.75, 3.05) is 13.2 Å². The monoisotopic (exact) mass is 207 g/mol. The normalized spacial score (nSPS) is 29.7. The van der Waals surface area contributed by atoms with Crippen LogP contribution < -0.4 is 5.32 Å². The molecule has 15 heavy (non-hydrogen) atoms. The van der Waals surface area contributed by atoms with Crippen molar-refractivity contribution in [3.05, 3.63) is 24.2 Å². The molecule has 2 fully saturated rings. The van der Waals surface area contributed by atoms with Crippen LogP contribution >= 0.6 is 0 Å². The van der Waals surface area contributed by atoms with Crippen LogP contribution in [0.15, 0.2) is 23.0 Å². The van der Waals surface area contributed by atoms with Crippen LogP contribution in [0.4, 0.5) is 0 Å². The van der Waals surface area contributed by atoms with E-state index < -0.39 is 0 Å². The first-order chi connectivity index (χ1) is 7.38. The minimum Gasteiger partial charge on any atom is -0.472 e. The first kappa shape index (κ1) is 9.43. The second kappa shape index (κ2) is 3.65. The summed E-state index contributed by atoms with van der Waals surface area (Å²) in [6, 6.07) is 1.99. The molecular weight excluding hydrogens is 190 g/mol. The Balaban J connectivity index is 1.65. The van der Waals surface area contributed by atoms with E-state index in [-0.39, 0.29) is 6.10 Å². The summed E-state index contributed by atoms with van der Waals surface area (Å²) in [6.45, 7) is 1.77. The van der Waals surface area contributed by atoms with Crippen molar-refractivity contribution in [1.29, 1.82) is 0 Å². The molecule has 82 valence electrons. The van der Waals surface area contributed by atoms with Crippen molar-refractivity contribution in [1.82, 2.24) is 5.32 Å². The molecule has 0 aromatic carbocycles. The lowest BCUT2D eigenvalue weighted by atomic mass is 9.96. The molecule has 0 amide bonds. The predicted octanol–water partition coefficient (Wildman–Crippen LogP) is 2.25. The van der Waals surface area contributed by atoms with E-state index in [0.717, 1.165) is 18.7 Å². The Labute approximate surface area is 89.8 Å². The standard InChI is InChI=1S/C12H17NO2/c1-2-5-12(4-1)9-15-11(7-13-12)10-3-6-14-8-10/h3,6,8,11,13H,1-2,4-5,7,9H2. The number of hydrogen-bond acceptors (Lipinski definition) is 3. The molecule has 1 aliphatic heterocycles. The van der Waals surface area contributed by atoms with E-state index in [9.17, 15) is 0 Å². The zero-order valence-electron chi connectivity index (χ0n) is 8.87. The summed E-state index contributed by atoms with van der Waals surface area (Å²) in [4.78, 5) is 0. The van der Waals surface area contributed by atoms with Gasteiger partial charge < -0.3 is 14.5 Å². The zero-order chi connectivity index (χ0) is 10.1. The van der Waals surface area contributed by atoms with Crippen molar-refractivity contribution >= 4 is 0 Å². The average Bonchev–Trinajstić information content (AvgIpc) is 2.91. The number of nitrogens with one attached hydrogen (secondary N) is 1. The van der Waals surface area contributed by atoms with Gasteiger partial charge in [0, 0.05) is 17.6 Å². The van der Waals surface area contributed by atoms with Crippen LogP contribution in [0.2, 0.25) is 0 Å². The number of furan rings is 1. The van der Waals surface area contributed by atoms with E-state index in [1.807, 2.05) is 6.07 Å². The summed E-state index contributed by atoms with van der Waals surface area (Å²) >= 11 is 0. The molecular formula is C12H17NO2. The number of morpholine rings is 1. The lowest BCUT2D eigenvalue weighted by Crippen LogP contribution is -2.53. The first-order valence-corrected chi connectivity index (χ1v) is 5.77. The molecule has 2 aliphatic rings. The molecule has 0 bridgehead atoms. The molecule has 1 saturated heterocycles. The van der Waals surface area contributed by atoms with Gasteiger partial charge in [0.1, 0.15) is 0 Å². The highest BCUT2D eigenvalue weighted by Crippen LogP contribution is 2.34. The quantitative estimate of drug-likeness (QED) is 0.767. The topological polar surface area (TPSA) is 34.4 Å². The second-order valence-corrected chi connectivity index (χ2v) is 4.72. The minimum absolute atomic E-state index is 0.176. The van der Waals surface area contributed by atoms with Crippen molar-refractivity contribution in [2.45, 2.75) is 37.3 Å². The lowest BCUT2D eigenvalue weighted by Gasteiger charge is -2.38. The fraction of sp³-hybridized carbons (Fsp3) is 0.667. The molecule has 1 atom stereocenters. The molecule has 1 spiro atoms. The molecule has 3 heteroatoms. The Kier molecular flexibility index (Phi) is 2.29.